The molecule has 4 aromatic rings. The lowest BCUT2D eigenvalue weighted by Gasteiger charge is -2.33. The van der Waals surface area contributed by atoms with E-state index >= 15 is 0 Å². The number of anilines is 1. The molecule has 1 saturated heterocycles. The molecule has 0 spiro atoms. The van der Waals surface area contributed by atoms with Crippen LogP contribution in [0.5, 0.6) is 11.5 Å². The fourth-order valence-electron chi connectivity index (χ4n) is 4.33. The van der Waals surface area contributed by atoms with E-state index in [-0.39, 0.29) is 5.97 Å². The first kappa shape index (κ1) is 24.9. The van der Waals surface area contributed by atoms with Crippen molar-refractivity contribution >= 4 is 23.1 Å². The second-order valence-corrected chi connectivity index (χ2v) is 9.83. The van der Waals surface area contributed by atoms with Crippen molar-refractivity contribution in [2.45, 2.75) is 32.4 Å². The number of esters is 1. The minimum atomic E-state index is -0.310. The van der Waals surface area contributed by atoms with E-state index in [4.69, 9.17) is 14.5 Å². The number of para-hydroxylation sites is 1. The Morgan fingerprint density at radius 3 is 2.41 bits per heavy atom. The van der Waals surface area contributed by atoms with Gasteiger partial charge in [0.05, 0.1) is 6.61 Å². The molecular formula is C29H30N4O3S. The summed E-state index contributed by atoms with van der Waals surface area (Å²) in [6.45, 7) is 4.61. The zero-order valence-corrected chi connectivity index (χ0v) is 21.6. The third-order valence-electron chi connectivity index (χ3n) is 6.29. The van der Waals surface area contributed by atoms with Gasteiger partial charge in [0.25, 0.3) is 0 Å². The maximum Gasteiger partial charge on any atom is 0.352 e. The third-order valence-corrected chi connectivity index (χ3v) is 7.36. The first-order valence-electron chi connectivity index (χ1n) is 12.6. The van der Waals surface area contributed by atoms with Crippen LogP contribution in [0.25, 0.3) is 10.6 Å². The molecule has 0 bridgehead atoms. The van der Waals surface area contributed by atoms with Crippen LogP contribution in [-0.2, 0) is 11.3 Å². The van der Waals surface area contributed by atoms with Gasteiger partial charge in [0.1, 0.15) is 16.5 Å². The molecule has 190 valence electrons. The highest BCUT2D eigenvalue weighted by molar-refractivity contribution is 7.17. The van der Waals surface area contributed by atoms with Crippen LogP contribution in [0.4, 0.5) is 5.82 Å². The molecule has 2 aromatic heterocycles. The van der Waals surface area contributed by atoms with Crippen molar-refractivity contribution in [2.75, 3.05) is 24.6 Å². The number of thiazole rings is 1. The quantitative estimate of drug-likeness (QED) is 0.277. The molecule has 0 atom stereocenters. The second-order valence-electron chi connectivity index (χ2n) is 8.83. The molecule has 3 heterocycles. The van der Waals surface area contributed by atoms with Crippen molar-refractivity contribution in [3.05, 3.63) is 89.6 Å². The number of pyridine rings is 1. The van der Waals surface area contributed by atoms with E-state index in [1.165, 1.54) is 16.9 Å². The van der Waals surface area contributed by atoms with E-state index in [0.717, 1.165) is 60.4 Å². The van der Waals surface area contributed by atoms with E-state index in [1.54, 1.807) is 12.4 Å². The normalized spacial score (nSPS) is 13.9. The largest absolute Gasteiger partial charge is 0.462 e. The number of hydrogen-bond acceptors (Lipinski definition) is 8. The summed E-state index contributed by atoms with van der Waals surface area (Å²) >= 11 is 1.38. The Labute approximate surface area is 221 Å². The Morgan fingerprint density at radius 2 is 1.70 bits per heavy atom. The predicted molar refractivity (Wildman–Crippen MR) is 146 cm³/mol. The molecule has 5 rings (SSSR count). The molecule has 1 aliphatic rings. The monoisotopic (exact) mass is 514 g/mol. The number of nitrogens with zero attached hydrogens (tertiary/aromatic N) is 3. The zero-order valence-electron chi connectivity index (χ0n) is 20.8. The molecule has 0 saturated carbocycles. The van der Waals surface area contributed by atoms with Crippen molar-refractivity contribution in [3.8, 4) is 22.1 Å². The van der Waals surface area contributed by atoms with Gasteiger partial charge in [-0.3, -0.25) is 4.98 Å². The summed E-state index contributed by atoms with van der Waals surface area (Å²) < 4.78 is 11.2. The smallest absolute Gasteiger partial charge is 0.352 e. The van der Waals surface area contributed by atoms with E-state index in [0.29, 0.717) is 17.5 Å². The minimum Gasteiger partial charge on any atom is -0.462 e. The highest BCUT2D eigenvalue weighted by atomic mass is 32.1. The average molecular weight is 515 g/mol. The van der Waals surface area contributed by atoms with Crippen molar-refractivity contribution in [3.63, 3.8) is 0 Å². The molecule has 0 aliphatic carbocycles. The Balaban J connectivity index is 1.17. The number of carbonyl (C=O) groups excluding carboxylic acids is 1. The first-order chi connectivity index (χ1) is 18.2. The zero-order chi connectivity index (χ0) is 25.5. The average Bonchev–Trinajstić information content (AvgIpc) is 3.40. The number of hydrogen-bond donors (Lipinski definition) is 1. The maximum absolute atomic E-state index is 12.7. The lowest BCUT2D eigenvalue weighted by molar-refractivity contribution is 0.0532. The molecule has 37 heavy (non-hydrogen) atoms. The highest BCUT2D eigenvalue weighted by Crippen LogP contribution is 2.35. The summed E-state index contributed by atoms with van der Waals surface area (Å²) in [6, 6.07) is 22.2. The number of aromatic nitrogens is 2. The number of rotatable bonds is 9. The van der Waals surface area contributed by atoms with Crippen LogP contribution in [0, 0.1) is 0 Å². The van der Waals surface area contributed by atoms with Gasteiger partial charge in [-0.2, -0.15) is 0 Å². The van der Waals surface area contributed by atoms with Gasteiger partial charge in [-0.05, 0) is 61.7 Å². The van der Waals surface area contributed by atoms with Crippen LogP contribution < -0.4 is 15.0 Å². The van der Waals surface area contributed by atoms with Crippen LogP contribution in [0.3, 0.4) is 0 Å². The summed E-state index contributed by atoms with van der Waals surface area (Å²) in [5, 5.41) is 4.49. The fourth-order valence-corrected chi connectivity index (χ4v) is 5.32. The second kappa shape index (κ2) is 12.0. The van der Waals surface area contributed by atoms with Gasteiger partial charge in [-0.1, -0.05) is 30.3 Å². The van der Waals surface area contributed by atoms with Gasteiger partial charge in [-0.25, -0.2) is 9.78 Å². The van der Waals surface area contributed by atoms with Gasteiger partial charge >= 0.3 is 5.97 Å². The van der Waals surface area contributed by atoms with Crippen molar-refractivity contribution < 1.29 is 14.3 Å². The van der Waals surface area contributed by atoms with Gasteiger partial charge in [0, 0.05) is 43.6 Å². The van der Waals surface area contributed by atoms with Crippen LogP contribution in [0.2, 0.25) is 0 Å². The highest BCUT2D eigenvalue weighted by Gasteiger charge is 2.27. The molecule has 2 aromatic carbocycles. The molecule has 0 unspecified atom stereocenters. The summed E-state index contributed by atoms with van der Waals surface area (Å²) in [5.74, 6) is 2.08. The number of piperidine rings is 1. The van der Waals surface area contributed by atoms with Crippen molar-refractivity contribution in [2.24, 2.45) is 0 Å². The first-order valence-corrected chi connectivity index (χ1v) is 13.4. The van der Waals surface area contributed by atoms with Crippen LogP contribution in [0.15, 0.2) is 79.1 Å². The van der Waals surface area contributed by atoms with Crippen LogP contribution in [-0.4, -0.2) is 41.7 Å². The van der Waals surface area contributed by atoms with Gasteiger partial charge in [-0.15, -0.1) is 11.3 Å². The van der Waals surface area contributed by atoms with Gasteiger partial charge in [0.2, 0.25) is 0 Å². The number of benzene rings is 2. The fraction of sp³-hybridized carbons (Fsp3) is 0.276. The van der Waals surface area contributed by atoms with E-state index < -0.39 is 0 Å². The standard InChI is InChI=1S/C29H30N4O3S/c1-2-35-29(34)26-27(32-28(37-26)22-12-16-30-17-13-22)33-18-14-23(15-19-33)31-20-21-8-10-25(11-9-21)36-24-6-4-3-5-7-24/h3-13,16-17,23,31H,2,14-15,18-20H2,1H3. The lowest BCUT2D eigenvalue weighted by Crippen LogP contribution is -2.42. The molecule has 8 heteroatoms. The van der Waals surface area contributed by atoms with E-state index in [2.05, 4.69) is 27.3 Å². The van der Waals surface area contributed by atoms with Crippen molar-refractivity contribution in [1.29, 1.82) is 0 Å². The van der Waals surface area contributed by atoms with Crippen LogP contribution in [0.1, 0.15) is 35.0 Å². The molecule has 1 aliphatic heterocycles. The Bertz CT molecular complexity index is 1290. The van der Waals surface area contributed by atoms with E-state index in [9.17, 15) is 4.79 Å². The minimum absolute atomic E-state index is 0.310. The molecule has 7 nitrogen and oxygen atoms in total. The Hall–Kier alpha value is -3.75. The maximum atomic E-state index is 12.7. The summed E-state index contributed by atoms with van der Waals surface area (Å²) in [5.41, 5.74) is 2.17. The summed E-state index contributed by atoms with van der Waals surface area (Å²) in [6.07, 6.45) is 5.42. The summed E-state index contributed by atoms with van der Waals surface area (Å²) in [4.78, 5) is 24.4. The third kappa shape index (κ3) is 6.34. The Morgan fingerprint density at radius 1 is 1.00 bits per heavy atom. The van der Waals surface area contributed by atoms with Crippen molar-refractivity contribution in [1.82, 2.24) is 15.3 Å². The predicted octanol–water partition coefficient (Wildman–Crippen LogP) is 5.93. The molecule has 0 radical (unpaired) electrons. The van der Waals surface area contributed by atoms with Gasteiger partial charge < -0.3 is 19.7 Å². The molecule has 0 amide bonds. The number of nitrogens with one attached hydrogen (secondary N) is 1. The molecule has 1 N–H and O–H groups in total. The van der Waals surface area contributed by atoms with E-state index in [1.807, 2.05) is 61.5 Å². The Kier molecular flexibility index (Phi) is 8.08. The number of carbonyl (C=O) groups is 1. The molecular weight excluding hydrogens is 484 g/mol. The lowest BCUT2D eigenvalue weighted by atomic mass is 10.0. The topological polar surface area (TPSA) is 76.6 Å². The number of ether oxygens (including phenoxy) is 2. The van der Waals surface area contributed by atoms with Crippen LogP contribution >= 0.6 is 11.3 Å². The summed E-state index contributed by atoms with van der Waals surface area (Å²) in [7, 11) is 0. The van der Waals surface area contributed by atoms with Gasteiger partial charge in [0.15, 0.2) is 10.7 Å². The molecule has 1 fully saturated rings. The SMILES string of the molecule is CCOC(=O)c1sc(-c2ccncc2)nc1N1CCC(NCc2ccc(Oc3ccccc3)cc2)CC1.